The van der Waals surface area contributed by atoms with E-state index in [0.29, 0.717) is 13.0 Å². The van der Waals surface area contributed by atoms with Gasteiger partial charge < -0.3 is 10.2 Å². The van der Waals surface area contributed by atoms with E-state index in [0.717, 1.165) is 31.9 Å². The lowest BCUT2D eigenvalue weighted by molar-refractivity contribution is -0.123. The highest BCUT2D eigenvalue weighted by Crippen LogP contribution is 2.14. The number of hydrogen-bond donors (Lipinski definition) is 1. The highest BCUT2D eigenvalue weighted by atomic mass is 16.2. The molecule has 0 aromatic carbocycles. The van der Waals surface area contributed by atoms with Crippen LogP contribution in [0, 0.1) is 11.3 Å². The SMILES string of the molecule is CC(C)NC(=O)CN1CCN(C2=CCC(C#N)N=C2)CC1. The molecule has 1 atom stereocenters. The number of nitrogens with zero attached hydrogens (tertiary/aromatic N) is 4. The summed E-state index contributed by atoms with van der Waals surface area (Å²) in [5, 5.41) is 11.7. The average Bonchev–Trinajstić information content (AvgIpc) is 2.47. The minimum absolute atomic E-state index is 0.0914. The number of nitriles is 1. The van der Waals surface area contributed by atoms with Crippen LogP contribution in [0.25, 0.3) is 0 Å². The van der Waals surface area contributed by atoms with Crippen LogP contribution in [0.4, 0.5) is 0 Å². The Morgan fingerprint density at radius 2 is 2.19 bits per heavy atom. The van der Waals surface area contributed by atoms with Crippen LogP contribution >= 0.6 is 0 Å². The molecule has 0 bridgehead atoms. The first-order chi connectivity index (χ1) is 10.1. The molecule has 21 heavy (non-hydrogen) atoms. The fourth-order valence-electron chi connectivity index (χ4n) is 2.54. The lowest BCUT2D eigenvalue weighted by Gasteiger charge is -2.36. The Morgan fingerprint density at radius 3 is 2.71 bits per heavy atom. The van der Waals surface area contributed by atoms with Crippen molar-refractivity contribution in [2.75, 3.05) is 32.7 Å². The molecule has 0 aromatic heterocycles. The second-order valence-electron chi connectivity index (χ2n) is 5.77. The number of piperazine rings is 1. The van der Waals surface area contributed by atoms with Crippen molar-refractivity contribution < 1.29 is 4.79 Å². The summed E-state index contributed by atoms with van der Waals surface area (Å²) in [6.07, 6.45) is 4.58. The van der Waals surface area contributed by atoms with Gasteiger partial charge in [0.15, 0.2) is 0 Å². The molecule has 2 aliphatic rings. The van der Waals surface area contributed by atoms with Crippen molar-refractivity contribution in [2.24, 2.45) is 4.99 Å². The quantitative estimate of drug-likeness (QED) is 0.812. The van der Waals surface area contributed by atoms with Gasteiger partial charge in [0.2, 0.25) is 5.91 Å². The second kappa shape index (κ2) is 7.23. The summed E-state index contributed by atoms with van der Waals surface area (Å²) in [5.74, 6) is 0.0914. The lowest BCUT2D eigenvalue weighted by Crippen LogP contribution is -2.50. The zero-order valence-corrected chi connectivity index (χ0v) is 12.7. The van der Waals surface area contributed by atoms with Crippen molar-refractivity contribution in [1.82, 2.24) is 15.1 Å². The fourth-order valence-corrected chi connectivity index (χ4v) is 2.54. The van der Waals surface area contributed by atoms with E-state index >= 15 is 0 Å². The van der Waals surface area contributed by atoms with Crippen LogP contribution in [0.5, 0.6) is 0 Å². The maximum Gasteiger partial charge on any atom is 0.234 e. The topological polar surface area (TPSA) is 71.7 Å². The number of aliphatic imine (C=N–C) groups is 1. The first kappa shape index (κ1) is 15.5. The third-order valence-electron chi connectivity index (χ3n) is 3.64. The van der Waals surface area contributed by atoms with Crippen molar-refractivity contribution in [2.45, 2.75) is 32.4 Å². The van der Waals surface area contributed by atoms with Crippen LogP contribution in [0.2, 0.25) is 0 Å². The Balaban J connectivity index is 1.76. The largest absolute Gasteiger partial charge is 0.368 e. The molecular formula is C15H23N5O. The number of carbonyl (C=O) groups is 1. The van der Waals surface area contributed by atoms with E-state index < -0.39 is 0 Å². The van der Waals surface area contributed by atoms with Gasteiger partial charge in [-0.25, -0.2) is 0 Å². The van der Waals surface area contributed by atoms with Crippen molar-refractivity contribution in [3.63, 3.8) is 0 Å². The van der Waals surface area contributed by atoms with Crippen LogP contribution in [-0.4, -0.2) is 66.7 Å². The second-order valence-corrected chi connectivity index (χ2v) is 5.77. The van der Waals surface area contributed by atoms with Gasteiger partial charge in [-0.1, -0.05) is 6.08 Å². The van der Waals surface area contributed by atoms with E-state index in [4.69, 9.17) is 5.26 Å². The van der Waals surface area contributed by atoms with E-state index in [1.165, 1.54) is 0 Å². The first-order valence-electron chi connectivity index (χ1n) is 7.48. The van der Waals surface area contributed by atoms with E-state index in [9.17, 15) is 4.79 Å². The third kappa shape index (κ3) is 4.57. The first-order valence-corrected chi connectivity index (χ1v) is 7.48. The lowest BCUT2D eigenvalue weighted by atomic mass is 10.1. The molecule has 1 saturated heterocycles. The van der Waals surface area contributed by atoms with Crippen molar-refractivity contribution in [1.29, 1.82) is 5.26 Å². The molecule has 0 aliphatic carbocycles. The number of rotatable bonds is 4. The molecule has 0 spiro atoms. The maximum absolute atomic E-state index is 11.7. The van der Waals surface area contributed by atoms with Crippen LogP contribution in [0.15, 0.2) is 16.8 Å². The standard InChI is InChI=1S/C15H23N5O/c1-12(2)18-15(21)11-19-5-7-20(8-6-19)14-4-3-13(9-16)17-10-14/h4,10,12-13H,3,5-8,11H2,1-2H3,(H,18,21). The van der Waals surface area contributed by atoms with Crippen LogP contribution in [-0.2, 0) is 4.79 Å². The molecule has 1 unspecified atom stereocenters. The average molecular weight is 289 g/mol. The van der Waals surface area contributed by atoms with Gasteiger partial charge in [-0.3, -0.25) is 14.7 Å². The maximum atomic E-state index is 11.7. The molecule has 2 rings (SSSR count). The summed E-state index contributed by atoms with van der Waals surface area (Å²) >= 11 is 0. The van der Waals surface area contributed by atoms with Gasteiger partial charge in [0.05, 0.1) is 18.3 Å². The summed E-state index contributed by atoms with van der Waals surface area (Å²) in [6, 6.07) is 2.12. The Bertz CT molecular complexity index is 469. The van der Waals surface area contributed by atoms with Crippen molar-refractivity contribution in [3.8, 4) is 6.07 Å². The molecule has 114 valence electrons. The molecule has 1 fully saturated rings. The van der Waals surface area contributed by atoms with Crippen LogP contribution in [0.1, 0.15) is 20.3 Å². The predicted octanol–water partition coefficient (Wildman–Crippen LogP) is 0.379. The smallest absolute Gasteiger partial charge is 0.234 e. The Morgan fingerprint density at radius 1 is 1.48 bits per heavy atom. The van der Waals surface area contributed by atoms with E-state index in [1.54, 1.807) is 6.21 Å². The fraction of sp³-hybridized carbons (Fsp3) is 0.667. The Kier molecular flexibility index (Phi) is 5.34. The van der Waals surface area contributed by atoms with Gasteiger partial charge in [-0.15, -0.1) is 0 Å². The molecule has 6 heteroatoms. The minimum atomic E-state index is -0.227. The monoisotopic (exact) mass is 289 g/mol. The van der Waals surface area contributed by atoms with Gasteiger partial charge >= 0.3 is 0 Å². The zero-order chi connectivity index (χ0) is 15.2. The number of amides is 1. The molecule has 2 heterocycles. The van der Waals surface area contributed by atoms with Crippen molar-refractivity contribution >= 4 is 12.1 Å². The molecule has 2 aliphatic heterocycles. The number of hydrogen-bond acceptors (Lipinski definition) is 5. The van der Waals surface area contributed by atoms with E-state index in [-0.39, 0.29) is 18.0 Å². The van der Waals surface area contributed by atoms with Gasteiger partial charge in [0.25, 0.3) is 0 Å². The van der Waals surface area contributed by atoms with Crippen LogP contribution < -0.4 is 5.32 Å². The summed E-state index contributed by atoms with van der Waals surface area (Å²) in [4.78, 5) is 20.4. The molecule has 0 saturated carbocycles. The molecule has 6 nitrogen and oxygen atoms in total. The molecule has 1 amide bonds. The Labute approximate surface area is 126 Å². The highest BCUT2D eigenvalue weighted by Gasteiger charge is 2.21. The number of nitrogens with one attached hydrogen (secondary N) is 1. The summed E-state index contributed by atoms with van der Waals surface area (Å²) in [5.41, 5.74) is 1.10. The normalized spacial score (nSPS) is 22.9. The summed E-state index contributed by atoms with van der Waals surface area (Å²) in [6.45, 7) is 7.94. The molecule has 1 N–H and O–H groups in total. The van der Waals surface area contributed by atoms with Gasteiger partial charge in [-0.2, -0.15) is 5.26 Å². The van der Waals surface area contributed by atoms with Crippen molar-refractivity contribution in [3.05, 3.63) is 11.8 Å². The zero-order valence-electron chi connectivity index (χ0n) is 12.7. The number of allylic oxidation sites excluding steroid dienone is 1. The highest BCUT2D eigenvalue weighted by molar-refractivity contribution is 5.79. The summed E-state index contributed by atoms with van der Waals surface area (Å²) in [7, 11) is 0. The number of dihydropyridines is 1. The molecular weight excluding hydrogens is 266 g/mol. The summed E-state index contributed by atoms with van der Waals surface area (Å²) < 4.78 is 0. The number of carbonyl (C=O) groups excluding carboxylic acids is 1. The third-order valence-corrected chi connectivity index (χ3v) is 3.64. The Hall–Kier alpha value is -1.87. The molecule has 0 aromatic rings. The van der Waals surface area contributed by atoms with E-state index in [2.05, 4.69) is 32.3 Å². The molecule has 0 radical (unpaired) electrons. The van der Waals surface area contributed by atoms with Gasteiger partial charge in [-0.05, 0) is 13.8 Å². The van der Waals surface area contributed by atoms with Gasteiger partial charge in [0, 0.05) is 44.9 Å². The minimum Gasteiger partial charge on any atom is -0.368 e. The predicted molar refractivity (Wildman–Crippen MR) is 81.9 cm³/mol. The van der Waals surface area contributed by atoms with Gasteiger partial charge in [0.1, 0.15) is 6.04 Å². The van der Waals surface area contributed by atoms with Crippen LogP contribution in [0.3, 0.4) is 0 Å². The van der Waals surface area contributed by atoms with E-state index in [1.807, 2.05) is 13.8 Å².